The highest BCUT2D eigenvalue weighted by atomic mass is 16.5. The van der Waals surface area contributed by atoms with Gasteiger partial charge in [-0.2, -0.15) is 0 Å². The number of aromatic nitrogens is 1. The third-order valence-corrected chi connectivity index (χ3v) is 2.19. The fourth-order valence-corrected chi connectivity index (χ4v) is 1.34. The molecule has 5 nitrogen and oxygen atoms in total. The molecule has 1 aromatic rings. The molecule has 0 radical (unpaired) electrons. The van der Waals surface area contributed by atoms with Crippen LogP contribution in [0.2, 0.25) is 0 Å². The topological polar surface area (TPSA) is 81.2 Å². The minimum Gasteiger partial charge on any atom is -0.382 e. The number of nitrogens with two attached hydrogens (primary N) is 1. The van der Waals surface area contributed by atoms with Crippen molar-refractivity contribution in [3.8, 4) is 0 Å². The van der Waals surface area contributed by atoms with Crippen LogP contribution in [0.3, 0.4) is 0 Å². The first-order valence-electron chi connectivity index (χ1n) is 6.04. The second-order valence-corrected chi connectivity index (χ2v) is 4.48. The Hall–Kier alpha value is -1.46. The largest absolute Gasteiger partial charge is 0.382 e. The third-order valence-electron chi connectivity index (χ3n) is 2.19. The summed E-state index contributed by atoms with van der Waals surface area (Å²) in [7, 11) is 0. The Morgan fingerprint density at radius 3 is 2.78 bits per heavy atom. The van der Waals surface area contributed by atoms with Crippen molar-refractivity contribution in [1.29, 1.82) is 5.41 Å². The van der Waals surface area contributed by atoms with Crippen molar-refractivity contribution in [3.63, 3.8) is 0 Å². The maximum atomic E-state index is 7.29. The number of amidine groups is 1. The van der Waals surface area contributed by atoms with Gasteiger partial charge in [0.1, 0.15) is 11.5 Å². The van der Waals surface area contributed by atoms with Crippen molar-refractivity contribution in [2.75, 3.05) is 19.8 Å². The molecule has 0 aliphatic rings. The summed E-state index contributed by atoms with van der Waals surface area (Å²) in [5, 5.41) is 7.29. The fourth-order valence-electron chi connectivity index (χ4n) is 1.34. The van der Waals surface area contributed by atoms with Gasteiger partial charge in [0.05, 0.1) is 19.8 Å². The third kappa shape index (κ3) is 5.75. The predicted molar refractivity (Wildman–Crippen MR) is 70.6 cm³/mol. The average Bonchev–Trinajstić information content (AvgIpc) is 2.33. The quantitative estimate of drug-likeness (QED) is 0.417. The van der Waals surface area contributed by atoms with Gasteiger partial charge >= 0.3 is 0 Å². The molecular formula is C13H21N3O2. The van der Waals surface area contributed by atoms with Gasteiger partial charge in [-0.1, -0.05) is 13.8 Å². The second kappa shape index (κ2) is 7.79. The summed E-state index contributed by atoms with van der Waals surface area (Å²) in [6.45, 7) is 6.62. The highest BCUT2D eigenvalue weighted by Gasteiger charge is 2.00. The van der Waals surface area contributed by atoms with E-state index < -0.39 is 0 Å². The van der Waals surface area contributed by atoms with Crippen LogP contribution in [0.1, 0.15) is 25.1 Å². The molecule has 100 valence electrons. The van der Waals surface area contributed by atoms with Crippen LogP contribution in [-0.2, 0) is 16.1 Å². The van der Waals surface area contributed by atoms with E-state index in [1.165, 1.54) is 0 Å². The average molecular weight is 251 g/mol. The van der Waals surface area contributed by atoms with Crippen molar-refractivity contribution in [3.05, 3.63) is 29.6 Å². The van der Waals surface area contributed by atoms with Crippen LogP contribution in [0.15, 0.2) is 18.3 Å². The van der Waals surface area contributed by atoms with Gasteiger partial charge in [-0.3, -0.25) is 10.4 Å². The molecule has 0 saturated carbocycles. The Morgan fingerprint density at radius 2 is 2.11 bits per heavy atom. The number of hydrogen-bond acceptors (Lipinski definition) is 4. The van der Waals surface area contributed by atoms with E-state index in [0.717, 1.165) is 12.2 Å². The van der Waals surface area contributed by atoms with Gasteiger partial charge in [0.15, 0.2) is 0 Å². The van der Waals surface area contributed by atoms with Crippen LogP contribution in [0.4, 0.5) is 0 Å². The normalized spacial score (nSPS) is 10.8. The molecule has 1 heterocycles. The molecule has 0 unspecified atom stereocenters. The summed E-state index contributed by atoms with van der Waals surface area (Å²) >= 11 is 0. The molecule has 0 aromatic carbocycles. The number of hydrogen-bond donors (Lipinski definition) is 2. The van der Waals surface area contributed by atoms with E-state index in [1.807, 2.05) is 6.07 Å². The van der Waals surface area contributed by atoms with Gasteiger partial charge in [-0.15, -0.1) is 0 Å². The van der Waals surface area contributed by atoms with E-state index in [1.54, 1.807) is 12.3 Å². The zero-order chi connectivity index (χ0) is 13.4. The predicted octanol–water partition coefficient (Wildman–Crippen LogP) is 1.55. The molecule has 3 N–H and O–H groups in total. The lowest BCUT2D eigenvalue weighted by molar-refractivity contribution is 0.0314. The van der Waals surface area contributed by atoms with Crippen LogP contribution in [-0.4, -0.2) is 30.6 Å². The molecule has 0 aliphatic carbocycles. The summed E-state index contributed by atoms with van der Waals surface area (Å²) in [5.41, 5.74) is 6.80. The van der Waals surface area contributed by atoms with Crippen LogP contribution in [0.25, 0.3) is 0 Å². The van der Waals surface area contributed by atoms with Crippen LogP contribution in [0, 0.1) is 11.3 Å². The Balaban J connectivity index is 2.23. The van der Waals surface area contributed by atoms with Crippen molar-refractivity contribution in [2.24, 2.45) is 11.7 Å². The maximum absolute atomic E-state index is 7.29. The number of pyridine rings is 1. The molecule has 1 aromatic heterocycles. The minimum absolute atomic E-state index is 0.0304. The summed E-state index contributed by atoms with van der Waals surface area (Å²) < 4.78 is 10.9. The highest BCUT2D eigenvalue weighted by molar-refractivity contribution is 5.93. The molecule has 18 heavy (non-hydrogen) atoms. The Morgan fingerprint density at radius 1 is 1.39 bits per heavy atom. The van der Waals surface area contributed by atoms with E-state index in [-0.39, 0.29) is 5.84 Å². The number of nitrogen functional groups attached to an aromatic ring is 1. The van der Waals surface area contributed by atoms with E-state index in [4.69, 9.17) is 20.6 Å². The van der Waals surface area contributed by atoms with E-state index in [0.29, 0.717) is 31.4 Å². The van der Waals surface area contributed by atoms with Gasteiger partial charge in [-0.05, 0) is 23.6 Å². The molecule has 1 rings (SSSR count). The lowest BCUT2D eigenvalue weighted by Crippen LogP contribution is -2.13. The molecule has 0 aliphatic heterocycles. The van der Waals surface area contributed by atoms with Crippen molar-refractivity contribution in [1.82, 2.24) is 4.98 Å². The Labute approximate surface area is 108 Å². The number of ether oxygens (including phenoxy) is 2. The standard InChI is InChI=1S/C13H21N3O2/c1-10(2)8-17-5-6-18-9-11-3-4-16-12(7-11)13(14)15/h3-4,7,10H,5-6,8-9H2,1-2H3,(H3,14,15). The van der Waals surface area contributed by atoms with Crippen molar-refractivity contribution < 1.29 is 9.47 Å². The number of rotatable bonds is 8. The number of nitrogens with one attached hydrogen (secondary N) is 1. The summed E-state index contributed by atoms with van der Waals surface area (Å²) in [6, 6.07) is 3.61. The Bertz CT molecular complexity index is 380. The SMILES string of the molecule is CC(C)COCCOCc1ccnc(C(=N)N)c1. The summed E-state index contributed by atoms with van der Waals surface area (Å²) in [6.07, 6.45) is 1.63. The molecule has 0 fully saturated rings. The molecule has 0 saturated heterocycles. The first-order valence-corrected chi connectivity index (χ1v) is 6.04. The first-order chi connectivity index (χ1) is 8.59. The lowest BCUT2D eigenvalue weighted by atomic mass is 10.2. The zero-order valence-electron chi connectivity index (χ0n) is 11.0. The van der Waals surface area contributed by atoms with Crippen LogP contribution >= 0.6 is 0 Å². The summed E-state index contributed by atoms with van der Waals surface area (Å²) in [4.78, 5) is 3.99. The lowest BCUT2D eigenvalue weighted by Gasteiger charge is -2.08. The highest BCUT2D eigenvalue weighted by Crippen LogP contribution is 2.03. The molecule has 5 heteroatoms. The van der Waals surface area contributed by atoms with E-state index in [9.17, 15) is 0 Å². The zero-order valence-corrected chi connectivity index (χ0v) is 11.0. The van der Waals surface area contributed by atoms with Gasteiger partial charge in [0.2, 0.25) is 0 Å². The van der Waals surface area contributed by atoms with E-state index in [2.05, 4.69) is 18.8 Å². The van der Waals surface area contributed by atoms with Crippen LogP contribution < -0.4 is 5.73 Å². The van der Waals surface area contributed by atoms with Gasteiger partial charge < -0.3 is 15.2 Å². The minimum atomic E-state index is -0.0304. The van der Waals surface area contributed by atoms with Gasteiger partial charge in [0.25, 0.3) is 0 Å². The number of nitrogens with zero attached hydrogens (tertiary/aromatic N) is 1. The van der Waals surface area contributed by atoms with Gasteiger partial charge in [0, 0.05) is 12.8 Å². The smallest absolute Gasteiger partial charge is 0.141 e. The molecule has 0 spiro atoms. The molecular weight excluding hydrogens is 230 g/mol. The van der Waals surface area contributed by atoms with Gasteiger partial charge in [-0.25, -0.2) is 0 Å². The Kier molecular flexibility index (Phi) is 6.32. The molecule has 0 bridgehead atoms. The molecule has 0 atom stereocenters. The van der Waals surface area contributed by atoms with Crippen LogP contribution in [0.5, 0.6) is 0 Å². The monoisotopic (exact) mass is 251 g/mol. The van der Waals surface area contributed by atoms with Crippen molar-refractivity contribution >= 4 is 5.84 Å². The molecule has 0 amide bonds. The first kappa shape index (κ1) is 14.6. The summed E-state index contributed by atoms with van der Waals surface area (Å²) in [5.74, 6) is 0.514. The second-order valence-electron chi connectivity index (χ2n) is 4.48. The fraction of sp³-hybridized carbons (Fsp3) is 0.538. The maximum Gasteiger partial charge on any atom is 0.141 e. The van der Waals surface area contributed by atoms with Crippen molar-refractivity contribution in [2.45, 2.75) is 20.5 Å². The van der Waals surface area contributed by atoms with E-state index >= 15 is 0 Å².